The molecule has 1 aromatic carbocycles. The second kappa shape index (κ2) is 8.51. The van der Waals surface area contributed by atoms with E-state index in [1.807, 2.05) is 0 Å². The summed E-state index contributed by atoms with van der Waals surface area (Å²) < 4.78 is 28.3. The lowest BCUT2D eigenvalue weighted by Gasteiger charge is -2.07. The highest BCUT2D eigenvalue weighted by Crippen LogP contribution is 2.12. The molecule has 0 radical (unpaired) electrons. The standard InChI is InChI=1S/C16H17F2N7O/c1-21-16(22-7-11(17)9-26)13-6-14(15(19)23-20)25(24-13)8-10-4-2-3-5-12(10)18/h2-7,9H,8,20H2,1H3,(H2,19,23)(H,21,22)/b11-7+. The number of hydrogen-bond acceptors (Lipinski definition) is 5. The maximum atomic E-state index is 13.9. The Balaban J connectivity index is 2.42. The summed E-state index contributed by atoms with van der Waals surface area (Å²) in [6.07, 6.45) is 0.882. The lowest BCUT2D eigenvalue weighted by molar-refractivity contribution is -0.106. The first-order valence-electron chi connectivity index (χ1n) is 7.39. The van der Waals surface area contributed by atoms with Crippen LogP contribution in [-0.2, 0) is 11.3 Å². The molecule has 10 heteroatoms. The molecule has 8 nitrogen and oxygen atoms in total. The number of carbonyl (C=O) groups is 1. The van der Waals surface area contributed by atoms with Gasteiger partial charge in [0, 0.05) is 18.8 Å². The minimum atomic E-state index is -1.01. The van der Waals surface area contributed by atoms with Crippen molar-refractivity contribution in [1.82, 2.24) is 15.1 Å². The molecule has 0 aliphatic carbocycles. The molecule has 0 aliphatic heterocycles. The molecule has 5 N–H and O–H groups in total. The maximum absolute atomic E-state index is 13.9. The van der Waals surface area contributed by atoms with Crippen LogP contribution in [-0.4, -0.2) is 34.8 Å². The number of aromatic nitrogens is 2. The summed E-state index contributed by atoms with van der Waals surface area (Å²) in [5.41, 5.74) is 6.76. The number of allylic oxidation sites excluding steroid dienone is 1. The molecule has 1 aromatic heterocycles. The Morgan fingerprint density at radius 2 is 2.15 bits per heavy atom. The molecule has 0 unspecified atom stereocenters. The Morgan fingerprint density at radius 1 is 1.42 bits per heavy atom. The van der Waals surface area contributed by atoms with Gasteiger partial charge in [-0.2, -0.15) is 10.2 Å². The Morgan fingerprint density at radius 3 is 2.77 bits per heavy atom. The van der Waals surface area contributed by atoms with Gasteiger partial charge in [0.25, 0.3) is 0 Å². The first kappa shape index (κ1) is 18.8. The second-order valence-electron chi connectivity index (χ2n) is 5.04. The highest BCUT2D eigenvalue weighted by molar-refractivity contribution is 6.02. The van der Waals surface area contributed by atoms with Crippen LogP contribution in [0.3, 0.4) is 0 Å². The Kier molecular flexibility index (Phi) is 6.15. The van der Waals surface area contributed by atoms with Crippen LogP contribution in [0.4, 0.5) is 8.78 Å². The number of hydrazone groups is 1. The van der Waals surface area contributed by atoms with E-state index in [9.17, 15) is 13.6 Å². The van der Waals surface area contributed by atoms with E-state index in [0.29, 0.717) is 11.3 Å². The molecule has 2 aromatic rings. The highest BCUT2D eigenvalue weighted by Gasteiger charge is 2.16. The summed E-state index contributed by atoms with van der Waals surface area (Å²) in [5.74, 6) is 3.96. The minimum Gasteiger partial charge on any atom is -0.381 e. The van der Waals surface area contributed by atoms with Gasteiger partial charge >= 0.3 is 0 Å². The van der Waals surface area contributed by atoms with Gasteiger partial charge in [0.2, 0.25) is 0 Å². The topological polar surface area (TPSA) is 124 Å². The summed E-state index contributed by atoms with van der Waals surface area (Å²) in [6.45, 7) is 0.0633. The number of carbonyl (C=O) groups excluding carboxylic acids is 1. The van der Waals surface area contributed by atoms with Crippen molar-refractivity contribution < 1.29 is 13.6 Å². The molecule has 0 aliphatic rings. The monoisotopic (exact) mass is 361 g/mol. The average molecular weight is 361 g/mol. The van der Waals surface area contributed by atoms with Gasteiger partial charge < -0.3 is 16.9 Å². The number of amidine groups is 2. The van der Waals surface area contributed by atoms with Crippen LogP contribution in [0, 0.1) is 5.82 Å². The van der Waals surface area contributed by atoms with Gasteiger partial charge in [-0.25, -0.2) is 8.78 Å². The summed E-state index contributed by atoms with van der Waals surface area (Å²) in [4.78, 5) is 14.3. The molecule has 136 valence electrons. The number of halogens is 2. The summed E-state index contributed by atoms with van der Waals surface area (Å²) >= 11 is 0. The van der Waals surface area contributed by atoms with E-state index in [2.05, 4.69) is 20.5 Å². The van der Waals surface area contributed by atoms with Crippen LogP contribution >= 0.6 is 0 Å². The van der Waals surface area contributed by atoms with Gasteiger partial charge in [-0.15, -0.1) is 0 Å². The van der Waals surface area contributed by atoms with E-state index in [4.69, 9.17) is 11.6 Å². The molecule has 0 atom stereocenters. The van der Waals surface area contributed by atoms with Crippen molar-refractivity contribution in [2.45, 2.75) is 6.54 Å². The molecule has 0 saturated carbocycles. The fourth-order valence-electron chi connectivity index (χ4n) is 2.14. The van der Waals surface area contributed by atoms with Crippen molar-refractivity contribution in [2.24, 2.45) is 21.7 Å². The summed E-state index contributed by atoms with van der Waals surface area (Å²) in [5, 5.41) is 10.3. The normalized spacial score (nSPS) is 13.0. The molecule has 0 amide bonds. The van der Waals surface area contributed by atoms with Crippen LogP contribution in [0.2, 0.25) is 0 Å². The fraction of sp³-hybridized carbons (Fsp3) is 0.125. The zero-order chi connectivity index (χ0) is 19.1. The third-order valence-electron chi connectivity index (χ3n) is 3.39. The van der Waals surface area contributed by atoms with Crippen LogP contribution in [0.25, 0.3) is 0 Å². The molecule has 1 heterocycles. The van der Waals surface area contributed by atoms with Crippen LogP contribution in [0.1, 0.15) is 17.0 Å². The Bertz CT molecular complexity index is 886. The van der Waals surface area contributed by atoms with Crippen LogP contribution in [0.5, 0.6) is 0 Å². The number of nitrogens with one attached hydrogen (secondary N) is 1. The average Bonchev–Trinajstić information content (AvgIpc) is 3.06. The smallest absolute Gasteiger partial charge is 0.179 e. The number of nitrogens with zero attached hydrogens (tertiary/aromatic N) is 4. The highest BCUT2D eigenvalue weighted by atomic mass is 19.1. The van der Waals surface area contributed by atoms with Crippen molar-refractivity contribution in [2.75, 3.05) is 7.05 Å². The SMILES string of the molecule is CN=C(N/C=C(/F)C=O)c1cc(/C(N)=N/N)n(Cc2ccccc2F)n1. The zero-order valence-electron chi connectivity index (χ0n) is 13.9. The molecule has 0 bridgehead atoms. The van der Waals surface area contributed by atoms with Gasteiger partial charge in [-0.05, 0) is 12.1 Å². The van der Waals surface area contributed by atoms with Crippen molar-refractivity contribution in [3.63, 3.8) is 0 Å². The number of aldehydes is 1. The van der Waals surface area contributed by atoms with Gasteiger partial charge in [0.05, 0.1) is 6.54 Å². The van der Waals surface area contributed by atoms with Crippen molar-refractivity contribution in [3.8, 4) is 0 Å². The number of aliphatic imine (C=N–C) groups is 1. The number of hydrogen-bond donors (Lipinski definition) is 3. The number of nitrogens with two attached hydrogens (primary N) is 2. The van der Waals surface area contributed by atoms with Gasteiger partial charge in [-0.1, -0.05) is 18.2 Å². The summed E-state index contributed by atoms with van der Waals surface area (Å²) in [7, 11) is 1.45. The molecule has 0 saturated heterocycles. The first-order valence-corrected chi connectivity index (χ1v) is 7.39. The Labute approximate surface area is 147 Å². The lowest BCUT2D eigenvalue weighted by atomic mass is 10.2. The largest absolute Gasteiger partial charge is 0.381 e. The number of rotatable bonds is 6. The van der Waals surface area contributed by atoms with Crippen molar-refractivity contribution in [3.05, 3.63) is 65.1 Å². The molecule has 26 heavy (non-hydrogen) atoms. The molecular formula is C16H17F2N7O. The minimum absolute atomic E-state index is 0.0230. The summed E-state index contributed by atoms with van der Waals surface area (Å²) in [6, 6.07) is 7.70. The second-order valence-corrected chi connectivity index (χ2v) is 5.04. The van der Waals surface area contributed by atoms with Crippen molar-refractivity contribution in [1.29, 1.82) is 0 Å². The zero-order valence-corrected chi connectivity index (χ0v) is 13.9. The predicted octanol–water partition coefficient (Wildman–Crippen LogP) is 0.625. The fourth-order valence-corrected chi connectivity index (χ4v) is 2.14. The van der Waals surface area contributed by atoms with E-state index in [1.54, 1.807) is 18.2 Å². The van der Waals surface area contributed by atoms with Crippen molar-refractivity contribution >= 4 is 18.0 Å². The van der Waals surface area contributed by atoms with E-state index >= 15 is 0 Å². The third-order valence-corrected chi connectivity index (χ3v) is 3.39. The van der Waals surface area contributed by atoms with Gasteiger partial charge in [-0.3, -0.25) is 14.5 Å². The van der Waals surface area contributed by atoms with E-state index in [1.165, 1.54) is 23.9 Å². The van der Waals surface area contributed by atoms with E-state index in [-0.39, 0.29) is 30.2 Å². The Hall–Kier alpha value is -3.56. The van der Waals surface area contributed by atoms with Crippen LogP contribution in [0.15, 0.2) is 52.5 Å². The predicted molar refractivity (Wildman–Crippen MR) is 93.5 cm³/mol. The van der Waals surface area contributed by atoms with E-state index in [0.717, 1.165) is 6.20 Å². The van der Waals surface area contributed by atoms with Crippen LogP contribution < -0.4 is 16.9 Å². The quantitative estimate of drug-likeness (QED) is 0.174. The molecule has 0 spiro atoms. The van der Waals surface area contributed by atoms with E-state index < -0.39 is 11.6 Å². The molecule has 0 fully saturated rings. The lowest BCUT2D eigenvalue weighted by Crippen LogP contribution is -2.21. The maximum Gasteiger partial charge on any atom is 0.179 e. The van der Waals surface area contributed by atoms with Gasteiger partial charge in [0.1, 0.15) is 17.2 Å². The first-order chi connectivity index (χ1) is 12.5. The number of benzene rings is 1. The third kappa shape index (κ3) is 4.29. The molecule has 2 rings (SSSR count). The molecular weight excluding hydrogens is 344 g/mol. The van der Waals surface area contributed by atoms with Gasteiger partial charge in [0.15, 0.2) is 23.8 Å².